The second-order valence-electron chi connectivity index (χ2n) is 7.01. The van der Waals surface area contributed by atoms with Gasteiger partial charge in [-0.15, -0.1) is 0 Å². The first-order chi connectivity index (χ1) is 14.3. The second kappa shape index (κ2) is 9.04. The van der Waals surface area contributed by atoms with Gasteiger partial charge in [0.05, 0.1) is 5.69 Å². The fourth-order valence-corrected chi connectivity index (χ4v) is 3.54. The van der Waals surface area contributed by atoms with Crippen molar-refractivity contribution in [3.63, 3.8) is 0 Å². The van der Waals surface area contributed by atoms with Crippen LogP contribution in [-0.2, 0) is 4.79 Å². The van der Waals surface area contributed by atoms with Gasteiger partial charge in [0.25, 0.3) is 17.7 Å². The lowest BCUT2D eigenvalue weighted by atomic mass is 10.1. The number of carbonyl (C=O) groups excluding carboxylic acids is 3. The average molecular weight is 417 g/mol. The fraction of sp³-hybridized carbons (Fsp3) is 0.400. The Morgan fingerprint density at radius 2 is 1.93 bits per heavy atom. The largest absolute Gasteiger partial charge is 0.361 e. The van der Waals surface area contributed by atoms with Crippen molar-refractivity contribution in [1.82, 2.24) is 20.3 Å². The molecule has 1 aliphatic rings. The summed E-state index contributed by atoms with van der Waals surface area (Å²) in [5, 5.41) is 6.45. The Labute approximate surface area is 173 Å². The lowest BCUT2D eigenvalue weighted by molar-refractivity contribution is -0.132. The Balaban J connectivity index is 1.98. The third-order valence-electron chi connectivity index (χ3n) is 4.91. The minimum absolute atomic E-state index is 0.0956. The molecule has 9 nitrogen and oxygen atoms in total. The number of aromatic nitrogens is 1. The molecule has 2 heterocycles. The molecule has 3 rings (SSSR count). The monoisotopic (exact) mass is 417 g/mol. The molecule has 3 amide bonds. The molecule has 0 radical (unpaired) electrons. The third kappa shape index (κ3) is 4.18. The molecule has 30 heavy (non-hydrogen) atoms. The number of nitrogens with zero attached hydrogens (tertiary/aromatic N) is 3. The molecule has 1 fully saturated rings. The standard InChI is InChI=1S/C20H24FN5O4/c1-12-16(13(2)30-24-12)20(29)26-10-4-9-25(18(26)17(27)23-8-7-22)19(28)14-5-3-6-15(21)11-14/h3,5-6,11,18H,4,7-10,22H2,1-2H3,(H,23,27). The summed E-state index contributed by atoms with van der Waals surface area (Å²) in [6.07, 6.45) is -0.751. The zero-order valence-corrected chi connectivity index (χ0v) is 16.9. The van der Waals surface area contributed by atoms with E-state index in [9.17, 15) is 18.8 Å². The van der Waals surface area contributed by atoms with Crippen molar-refractivity contribution in [2.45, 2.75) is 26.4 Å². The van der Waals surface area contributed by atoms with Crippen LogP contribution >= 0.6 is 0 Å². The summed E-state index contributed by atoms with van der Waals surface area (Å²) < 4.78 is 18.7. The molecular formula is C20H24FN5O4. The van der Waals surface area contributed by atoms with E-state index >= 15 is 0 Å². The van der Waals surface area contributed by atoms with Gasteiger partial charge < -0.3 is 25.4 Å². The van der Waals surface area contributed by atoms with Crippen molar-refractivity contribution < 1.29 is 23.3 Å². The van der Waals surface area contributed by atoms with Gasteiger partial charge in [0.15, 0.2) is 6.17 Å². The summed E-state index contributed by atoms with van der Waals surface area (Å²) in [5.74, 6) is -1.78. The summed E-state index contributed by atoms with van der Waals surface area (Å²) in [6, 6.07) is 5.22. The number of rotatable bonds is 5. The van der Waals surface area contributed by atoms with Crippen LogP contribution in [-0.4, -0.2) is 65.0 Å². The Morgan fingerprint density at radius 1 is 1.23 bits per heavy atom. The van der Waals surface area contributed by atoms with Gasteiger partial charge in [-0.05, 0) is 38.5 Å². The van der Waals surface area contributed by atoms with Crippen LogP contribution < -0.4 is 11.1 Å². The van der Waals surface area contributed by atoms with Gasteiger partial charge in [-0.3, -0.25) is 14.4 Å². The van der Waals surface area contributed by atoms with Crippen molar-refractivity contribution in [3.05, 3.63) is 52.7 Å². The summed E-state index contributed by atoms with van der Waals surface area (Å²) in [5.41, 5.74) is 6.23. The predicted octanol–water partition coefficient (Wildman–Crippen LogP) is 0.820. The highest BCUT2D eigenvalue weighted by atomic mass is 19.1. The molecule has 1 aromatic heterocycles. The molecule has 2 aromatic rings. The fourth-order valence-electron chi connectivity index (χ4n) is 3.54. The van der Waals surface area contributed by atoms with Gasteiger partial charge in [0.2, 0.25) is 0 Å². The van der Waals surface area contributed by atoms with Crippen LogP contribution in [0.15, 0.2) is 28.8 Å². The summed E-state index contributed by atoms with van der Waals surface area (Å²) in [7, 11) is 0. The van der Waals surface area contributed by atoms with E-state index in [4.69, 9.17) is 10.3 Å². The number of nitrogens with two attached hydrogens (primary N) is 1. The second-order valence-corrected chi connectivity index (χ2v) is 7.01. The normalized spacial score (nSPS) is 16.5. The zero-order valence-electron chi connectivity index (χ0n) is 16.9. The van der Waals surface area contributed by atoms with E-state index in [0.717, 1.165) is 6.07 Å². The van der Waals surface area contributed by atoms with Gasteiger partial charge in [-0.2, -0.15) is 0 Å². The van der Waals surface area contributed by atoms with E-state index in [2.05, 4.69) is 10.5 Å². The molecule has 1 unspecified atom stereocenters. The van der Waals surface area contributed by atoms with Gasteiger partial charge in [-0.25, -0.2) is 4.39 Å². The minimum Gasteiger partial charge on any atom is -0.361 e. The predicted molar refractivity (Wildman–Crippen MR) is 105 cm³/mol. The highest BCUT2D eigenvalue weighted by molar-refractivity contribution is 6.02. The first-order valence-electron chi connectivity index (χ1n) is 9.63. The first-order valence-corrected chi connectivity index (χ1v) is 9.63. The van der Waals surface area contributed by atoms with Crippen LogP contribution in [0.5, 0.6) is 0 Å². The van der Waals surface area contributed by atoms with E-state index in [1.165, 1.54) is 28.0 Å². The van der Waals surface area contributed by atoms with Crippen molar-refractivity contribution in [3.8, 4) is 0 Å². The van der Waals surface area contributed by atoms with Crippen LogP contribution in [0.4, 0.5) is 4.39 Å². The molecule has 1 aliphatic heterocycles. The van der Waals surface area contributed by atoms with E-state index in [1.54, 1.807) is 13.8 Å². The van der Waals surface area contributed by atoms with Crippen molar-refractivity contribution >= 4 is 17.7 Å². The van der Waals surface area contributed by atoms with E-state index in [0.29, 0.717) is 17.9 Å². The number of halogens is 1. The molecule has 0 bridgehead atoms. The van der Waals surface area contributed by atoms with Crippen LogP contribution in [0.1, 0.15) is 38.6 Å². The maximum Gasteiger partial charge on any atom is 0.263 e. The van der Waals surface area contributed by atoms with Crippen LogP contribution in [0.2, 0.25) is 0 Å². The van der Waals surface area contributed by atoms with Crippen LogP contribution in [0, 0.1) is 19.7 Å². The van der Waals surface area contributed by atoms with Crippen molar-refractivity contribution in [2.75, 3.05) is 26.2 Å². The average Bonchev–Trinajstić information content (AvgIpc) is 3.08. The number of amides is 3. The maximum atomic E-state index is 13.7. The molecular weight excluding hydrogens is 393 g/mol. The van der Waals surface area contributed by atoms with Crippen LogP contribution in [0.25, 0.3) is 0 Å². The highest BCUT2D eigenvalue weighted by Gasteiger charge is 2.41. The number of aryl methyl sites for hydroxylation is 2. The topological polar surface area (TPSA) is 122 Å². The Kier molecular flexibility index (Phi) is 6.46. The molecule has 1 atom stereocenters. The molecule has 10 heteroatoms. The molecule has 1 aromatic carbocycles. The Bertz CT molecular complexity index is 941. The number of nitrogens with one attached hydrogen (secondary N) is 1. The van der Waals surface area contributed by atoms with E-state index in [-0.39, 0.29) is 37.3 Å². The van der Waals surface area contributed by atoms with Crippen molar-refractivity contribution in [2.24, 2.45) is 5.73 Å². The number of hydrogen-bond donors (Lipinski definition) is 2. The molecule has 160 valence electrons. The lowest BCUT2D eigenvalue weighted by Gasteiger charge is -2.42. The molecule has 0 aliphatic carbocycles. The molecule has 0 saturated carbocycles. The third-order valence-corrected chi connectivity index (χ3v) is 4.91. The van der Waals surface area contributed by atoms with Gasteiger partial charge >= 0.3 is 0 Å². The number of hydrogen-bond acceptors (Lipinski definition) is 6. The molecule has 0 spiro atoms. The Morgan fingerprint density at radius 3 is 2.53 bits per heavy atom. The van der Waals surface area contributed by atoms with Crippen molar-refractivity contribution in [1.29, 1.82) is 0 Å². The smallest absolute Gasteiger partial charge is 0.263 e. The number of carbonyl (C=O) groups is 3. The zero-order chi connectivity index (χ0) is 21.8. The summed E-state index contributed by atoms with van der Waals surface area (Å²) in [6.45, 7) is 4.12. The molecule has 3 N–H and O–H groups in total. The number of benzene rings is 1. The highest BCUT2D eigenvalue weighted by Crippen LogP contribution is 2.23. The summed E-state index contributed by atoms with van der Waals surface area (Å²) >= 11 is 0. The summed E-state index contributed by atoms with van der Waals surface area (Å²) in [4.78, 5) is 41.9. The van der Waals surface area contributed by atoms with E-state index < -0.39 is 29.7 Å². The quantitative estimate of drug-likeness (QED) is 0.743. The SMILES string of the molecule is Cc1noc(C)c1C(=O)N1CCCN(C(=O)c2cccc(F)c2)C1C(=O)NCCN. The minimum atomic E-state index is -1.21. The molecule has 1 saturated heterocycles. The van der Waals surface area contributed by atoms with Gasteiger partial charge in [0, 0.05) is 31.7 Å². The first kappa shape index (κ1) is 21.4. The Hall–Kier alpha value is -3.27. The maximum absolute atomic E-state index is 13.7. The van der Waals surface area contributed by atoms with Gasteiger partial charge in [-0.1, -0.05) is 11.2 Å². The van der Waals surface area contributed by atoms with Crippen LogP contribution in [0.3, 0.4) is 0 Å². The lowest BCUT2D eigenvalue weighted by Crippen LogP contribution is -2.63. The van der Waals surface area contributed by atoms with E-state index in [1.807, 2.05) is 0 Å². The van der Waals surface area contributed by atoms with Gasteiger partial charge in [0.1, 0.15) is 17.1 Å².